The number of hydrogen-bond donors (Lipinski definition) is 3. The molecule has 0 unspecified atom stereocenters. The fourth-order valence-electron chi connectivity index (χ4n) is 12.9. The standard InChI is InChI=1S/C55H64FN9O6/c1-3-34-6-4-7-35-25-39(66)26-41(45(34)35)47-46(56)48-42(27-57-47)49(63-19-5-14-53(2,70)29-63)60-52(59-48)71-33-55(15-16-55)30-61-20-12-37(13-21-61)64-31-54(32-64)17-22-62(23-18-54)38-8-9-40-36(24-38)28-65(51(40)69)43-10-11-44(67)58-50(43)68/h4,6-9,24-27,37,43,66,70H,3,5,10-23,28-33H2,1-2H3,(H,58,67,68)/t43-,53+/m0/s1. The first-order chi connectivity index (χ1) is 34.3. The van der Waals surface area contributed by atoms with E-state index in [9.17, 15) is 24.6 Å². The van der Waals surface area contributed by atoms with Crippen LogP contribution in [0, 0.1) is 16.6 Å². The molecule has 7 aliphatic rings. The Kier molecular flexibility index (Phi) is 11.5. The van der Waals surface area contributed by atoms with Gasteiger partial charge in [-0.25, -0.2) is 4.39 Å². The SMILES string of the molecule is CCc1cccc2cc(O)cc(-c3ncc4c(N5CCC[C@@](C)(O)C5)nc(OCC5(CN6CCC(N7CC8(CCN(c9ccc%10c(c9)CN([C@H]9CCC(=O)NC9=O)C%10=O)CC8)C7)CC6)CC5)nc4c3F)c12. The maximum absolute atomic E-state index is 17.2. The number of pyridine rings is 1. The summed E-state index contributed by atoms with van der Waals surface area (Å²) >= 11 is 0. The number of phenolic OH excluding ortho intramolecular Hbond substituents is 1. The zero-order valence-corrected chi connectivity index (χ0v) is 40.9. The fourth-order valence-corrected chi connectivity index (χ4v) is 12.9. The van der Waals surface area contributed by atoms with E-state index in [4.69, 9.17) is 14.7 Å². The van der Waals surface area contributed by atoms with Crippen molar-refractivity contribution in [2.75, 3.05) is 75.3 Å². The number of β-amino-alcohol motifs (C(OH)–C–C–N with tert-alkyl or cyclic N) is 1. The number of hydrogen-bond acceptors (Lipinski definition) is 13. The van der Waals surface area contributed by atoms with E-state index in [1.807, 2.05) is 36.1 Å². The van der Waals surface area contributed by atoms with Crippen LogP contribution in [0.5, 0.6) is 11.8 Å². The Balaban J connectivity index is 0.671. The number of benzene rings is 3. The number of nitrogens with one attached hydrogen (secondary N) is 1. The molecule has 12 rings (SSSR count). The zero-order chi connectivity index (χ0) is 48.8. The summed E-state index contributed by atoms with van der Waals surface area (Å²) in [5.74, 6) is -0.858. The quantitative estimate of drug-likeness (QED) is 0.122. The number of likely N-dealkylation sites (tertiary alicyclic amines) is 2. The minimum Gasteiger partial charge on any atom is -0.508 e. The van der Waals surface area contributed by atoms with E-state index in [1.54, 1.807) is 23.2 Å². The van der Waals surface area contributed by atoms with Crippen LogP contribution in [0.1, 0.15) is 99.5 Å². The summed E-state index contributed by atoms with van der Waals surface area (Å²) in [5, 5.41) is 26.4. The lowest BCUT2D eigenvalue weighted by atomic mass is 9.70. The van der Waals surface area contributed by atoms with Gasteiger partial charge in [0.05, 0.1) is 17.6 Å². The Morgan fingerprint density at radius 1 is 0.887 bits per heavy atom. The predicted octanol–water partition coefficient (Wildman–Crippen LogP) is 6.59. The Morgan fingerprint density at radius 3 is 2.44 bits per heavy atom. The van der Waals surface area contributed by atoms with E-state index in [-0.39, 0.29) is 52.5 Å². The molecule has 16 heteroatoms. The number of ether oxygens (including phenoxy) is 1. The average Bonchev–Trinajstić information content (AvgIpc) is 4.04. The smallest absolute Gasteiger partial charge is 0.319 e. The van der Waals surface area contributed by atoms with Gasteiger partial charge in [0.25, 0.3) is 5.91 Å². The van der Waals surface area contributed by atoms with Crippen molar-refractivity contribution in [1.82, 2.24) is 35.0 Å². The summed E-state index contributed by atoms with van der Waals surface area (Å²) in [6, 6.07) is 15.4. The maximum Gasteiger partial charge on any atom is 0.319 e. The number of halogens is 1. The number of carbonyl (C=O) groups is 3. The molecule has 2 aromatic heterocycles. The summed E-state index contributed by atoms with van der Waals surface area (Å²) < 4.78 is 23.7. The van der Waals surface area contributed by atoms with Crippen LogP contribution in [0.3, 0.4) is 0 Å². The van der Waals surface area contributed by atoms with Crippen LogP contribution < -0.4 is 19.9 Å². The minimum atomic E-state index is -0.927. The zero-order valence-electron chi connectivity index (χ0n) is 40.9. The molecule has 8 heterocycles. The lowest BCUT2D eigenvalue weighted by Crippen LogP contribution is -2.64. The van der Waals surface area contributed by atoms with Gasteiger partial charge in [-0.3, -0.25) is 29.6 Å². The molecule has 1 aliphatic carbocycles. The third-order valence-corrected chi connectivity index (χ3v) is 17.2. The van der Waals surface area contributed by atoms with Gasteiger partial charge in [-0.2, -0.15) is 9.97 Å². The number of phenols is 1. The van der Waals surface area contributed by atoms with Crippen LogP contribution >= 0.6 is 0 Å². The Bertz CT molecular complexity index is 2960. The van der Waals surface area contributed by atoms with Crippen LogP contribution in [0.2, 0.25) is 0 Å². The van der Waals surface area contributed by atoms with Crippen LogP contribution in [-0.2, 0) is 22.6 Å². The number of amides is 3. The van der Waals surface area contributed by atoms with Crippen molar-refractivity contribution in [2.45, 2.75) is 109 Å². The highest BCUT2D eigenvalue weighted by Gasteiger charge is 2.49. The van der Waals surface area contributed by atoms with Gasteiger partial charge in [-0.1, -0.05) is 25.1 Å². The number of aromatic nitrogens is 3. The first kappa shape index (κ1) is 46.1. The molecule has 6 aliphatic heterocycles. The third-order valence-electron chi connectivity index (χ3n) is 17.2. The van der Waals surface area contributed by atoms with Crippen LogP contribution in [0.4, 0.5) is 15.9 Å². The maximum atomic E-state index is 17.2. The molecule has 3 N–H and O–H groups in total. The molecule has 1 spiro atoms. The highest BCUT2D eigenvalue weighted by atomic mass is 19.1. The van der Waals surface area contributed by atoms with Gasteiger partial charge in [0.2, 0.25) is 11.8 Å². The monoisotopic (exact) mass is 965 g/mol. The van der Waals surface area contributed by atoms with Crippen molar-refractivity contribution >= 4 is 50.9 Å². The van der Waals surface area contributed by atoms with Crippen LogP contribution in [0.15, 0.2) is 54.7 Å². The van der Waals surface area contributed by atoms with Gasteiger partial charge in [0, 0.05) is 93.2 Å². The first-order valence-corrected chi connectivity index (χ1v) is 26.0. The summed E-state index contributed by atoms with van der Waals surface area (Å²) in [6.07, 6.45) is 11.1. The number of aryl methyl sites for hydroxylation is 1. The number of rotatable bonds is 11. The molecule has 6 fully saturated rings. The van der Waals surface area contributed by atoms with E-state index in [1.165, 1.54) is 0 Å². The van der Waals surface area contributed by atoms with Gasteiger partial charge in [0.1, 0.15) is 28.8 Å². The predicted molar refractivity (Wildman–Crippen MR) is 268 cm³/mol. The molecular formula is C55H64FN9O6. The summed E-state index contributed by atoms with van der Waals surface area (Å²) in [5.41, 5.74) is 3.89. The van der Waals surface area contributed by atoms with Crippen molar-refractivity contribution in [3.8, 4) is 23.0 Å². The number of anilines is 2. The third kappa shape index (κ3) is 8.62. The second kappa shape index (κ2) is 17.7. The summed E-state index contributed by atoms with van der Waals surface area (Å²) in [7, 11) is 0. The van der Waals surface area contributed by atoms with Crippen molar-refractivity contribution in [3.05, 3.63) is 77.2 Å². The topological polar surface area (TPSA) is 168 Å². The number of fused-ring (bicyclic) bond motifs is 3. The molecule has 1 saturated carbocycles. The van der Waals surface area contributed by atoms with E-state index < -0.39 is 17.5 Å². The average molecular weight is 966 g/mol. The molecule has 5 saturated heterocycles. The van der Waals surface area contributed by atoms with Gasteiger partial charge < -0.3 is 34.5 Å². The lowest BCUT2D eigenvalue weighted by Gasteiger charge is -2.57. The summed E-state index contributed by atoms with van der Waals surface area (Å²) in [4.78, 5) is 63.3. The Morgan fingerprint density at radius 2 is 1.69 bits per heavy atom. The van der Waals surface area contributed by atoms with Crippen molar-refractivity contribution in [3.63, 3.8) is 0 Å². The fraction of sp³-hybridized carbons (Fsp3) is 0.527. The molecule has 3 amide bonds. The van der Waals surface area contributed by atoms with Crippen LogP contribution in [0.25, 0.3) is 32.9 Å². The van der Waals surface area contributed by atoms with E-state index in [2.05, 4.69) is 44.1 Å². The number of imide groups is 1. The van der Waals surface area contributed by atoms with Gasteiger partial charge >= 0.3 is 6.01 Å². The molecule has 15 nitrogen and oxygen atoms in total. The largest absolute Gasteiger partial charge is 0.508 e. The van der Waals surface area contributed by atoms with E-state index in [0.29, 0.717) is 72.9 Å². The van der Waals surface area contributed by atoms with Crippen molar-refractivity contribution in [1.29, 1.82) is 0 Å². The Labute approximate surface area is 413 Å². The highest BCUT2D eigenvalue weighted by molar-refractivity contribution is 6.06. The summed E-state index contributed by atoms with van der Waals surface area (Å²) in [6.45, 7) is 13.0. The van der Waals surface area contributed by atoms with Gasteiger partial charge in [0.15, 0.2) is 5.82 Å². The molecule has 71 heavy (non-hydrogen) atoms. The van der Waals surface area contributed by atoms with E-state index >= 15 is 4.39 Å². The number of aromatic hydroxyl groups is 1. The molecule has 5 aromatic rings. The molecule has 2 atom stereocenters. The molecular weight excluding hydrogens is 902 g/mol. The van der Waals surface area contributed by atoms with Crippen LogP contribution in [-0.4, -0.2) is 141 Å². The highest BCUT2D eigenvalue weighted by Crippen LogP contribution is 2.48. The second-order valence-corrected chi connectivity index (χ2v) is 22.3. The lowest BCUT2D eigenvalue weighted by molar-refractivity contribution is -0.136. The molecule has 0 bridgehead atoms. The number of nitrogens with zero attached hydrogens (tertiary/aromatic N) is 8. The van der Waals surface area contributed by atoms with Crippen molar-refractivity contribution in [2.24, 2.45) is 10.8 Å². The normalized spacial score (nSPS) is 24.7. The number of piperidine rings is 4. The molecule has 3 aromatic carbocycles. The molecule has 0 radical (unpaired) electrons. The van der Waals surface area contributed by atoms with Crippen molar-refractivity contribution < 1.29 is 33.7 Å². The van der Waals surface area contributed by atoms with Gasteiger partial charge in [-0.15, -0.1) is 0 Å². The number of carbonyl (C=O) groups excluding carboxylic acids is 3. The second-order valence-electron chi connectivity index (χ2n) is 22.3. The van der Waals surface area contributed by atoms with E-state index in [0.717, 1.165) is 125 Å². The van der Waals surface area contributed by atoms with Gasteiger partial charge in [-0.05, 0) is 142 Å². The Hall–Kier alpha value is -5.97. The first-order valence-electron chi connectivity index (χ1n) is 26.0. The molecule has 372 valence electrons. The minimum absolute atomic E-state index is 0.0187. The number of aliphatic hydroxyl groups is 1.